The van der Waals surface area contributed by atoms with Gasteiger partial charge in [-0.15, -0.1) is 0 Å². The van der Waals surface area contributed by atoms with E-state index in [1.165, 1.54) is 0 Å². The van der Waals surface area contributed by atoms with Crippen molar-refractivity contribution >= 4 is 17.5 Å². The second kappa shape index (κ2) is 7.06. The molecule has 0 bridgehead atoms. The number of rotatable bonds is 3. The maximum atomic E-state index is 11.7. The number of aliphatic hydroxyl groups excluding tert-OH is 1. The van der Waals surface area contributed by atoms with Gasteiger partial charge >= 0.3 is 0 Å². The Morgan fingerprint density at radius 3 is 3.04 bits per heavy atom. The number of piperidine rings is 1. The van der Waals surface area contributed by atoms with Gasteiger partial charge in [-0.05, 0) is 25.0 Å². The molecule has 1 saturated heterocycles. The normalized spacial score (nSPS) is 18.0. The highest BCUT2D eigenvalue weighted by Gasteiger charge is 2.25. The van der Waals surface area contributed by atoms with Gasteiger partial charge in [-0.25, -0.2) is 4.98 Å². The topological polar surface area (TPSA) is 66.3 Å². The number of aromatic nitrogens is 2. The molecular weight excluding hydrogens is 314 g/mol. The van der Waals surface area contributed by atoms with E-state index in [0.29, 0.717) is 18.1 Å². The van der Waals surface area contributed by atoms with Crippen molar-refractivity contribution < 1.29 is 9.90 Å². The summed E-state index contributed by atoms with van der Waals surface area (Å²) in [5.74, 6) is -0.0838. The van der Waals surface area contributed by atoms with Gasteiger partial charge in [0.05, 0.1) is 17.6 Å². The molecule has 5 nitrogen and oxygen atoms in total. The number of hydrogen-bond acceptors (Lipinski definition) is 4. The highest BCUT2D eigenvalue weighted by molar-refractivity contribution is 6.30. The first-order valence-corrected chi connectivity index (χ1v) is 8.01. The van der Waals surface area contributed by atoms with Crippen LogP contribution in [0, 0.1) is 0 Å². The fourth-order valence-corrected chi connectivity index (χ4v) is 3.10. The monoisotopic (exact) mass is 331 g/mol. The number of hydrogen-bond donors (Lipinski definition) is 1. The van der Waals surface area contributed by atoms with E-state index in [2.05, 4.69) is 4.98 Å². The van der Waals surface area contributed by atoms with Crippen LogP contribution in [0.3, 0.4) is 0 Å². The molecule has 2 heterocycles. The molecule has 1 fully saturated rings. The van der Waals surface area contributed by atoms with Crippen LogP contribution in [0.2, 0.25) is 5.02 Å². The molecule has 23 heavy (non-hydrogen) atoms. The van der Waals surface area contributed by atoms with Gasteiger partial charge in [0, 0.05) is 35.8 Å². The molecule has 0 aliphatic carbocycles. The lowest BCUT2D eigenvalue weighted by atomic mass is 9.94. The highest BCUT2D eigenvalue weighted by atomic mass is 35.5. The number of likely N-dealkylation sites (tertiary alicyclic amines) is 1. The van der Waals surface area contributed by atoms with Crippen molar-refractivity contribution in [3.63, 3.8) is 0 Å². The smallest absolute Gasteiger partial charge is 0.248 e. The summed E-state index contributed by atoms with van der Waals surface area (Å²) in [6.07, 6.45) is 5.34. The molecule has 3 rings (SSSR count). The quantitative estimate of drug-likeness (QED) is 0.938. The van der Waals surface area contributed by atoms with Gasteiger partial charge < -0.3 is 10.0 Å². The summed E-state index contributed by atoms with van der Waals surface area (Å²) in [7, 11) is 0. The van der Waals surface area contributed by atoms with Crippen molar-refractivity contribution in [1.82, 2.24) is 14.9 Å². The van der Waals surface area contributed by atoms with Gasteiger partial charge in [-0.3, -0.25) is 9.78 Å². The molecule has 1 aliphatic rings. The van der Waals surface area contributed by atoms with Crippen LogP contribution < -0.4 is 0 Å². The Kier molecular flexibility index (Phi) is 4.88. The van der Waals surface area contributed by atoms with E-state index < -0.39 is 6.61 Å². The molecule has 2 aromatic rings. The van der Waals surface area contributed by atoms with Gasteiger partial charge in [-0.1, -0.05) is 23.7 Å². The van der Waals surface area contributed by atoms with Crippen LogP contribution in [0.4, 0.5) is 0 Å². The van der Waals surface area contributed by atoms with Crippen LogP contribution in [0.1, 0.15) is 24.5 Å². The van der Waals surface area contributed by atoms with Crippen LogP contribution in [0.15, 0.2) is 36.7 Å². The minimum Gasteiger partial charge on any atom is -0.387 e. The maximum Gasteiger partial charge on any atom is 0.248 e. The van der Waals surface area contributed by atoms with Crippen LogP contribution >= 0.6 is 11.6 Å². The molecule has 1 aromatic carbocycles. The lowest BCUT2D eigenvalue weighted by Gasteiger charge is -2.32. The van der Waals surface area contributed by atoms with Crippen molar-refractivity contribution in [3.05, 3.63) is 47.4 Å². The van der Waals surface area contributed by atoms with Gasteiger partial charge in [0.1, 0.15) is 6.61 Å². The standard InChI is InChI=1S/C17H18ClN3O2/c18-14-5-1-3-12(7-14)15-8-19-9-16(20-15)13-4-2-6-21(10-13)17(23)11-22/h1,3,5,7-9,13,22H,2,4,6,10-11H2/t13-/m1/s1. The summed E-state index contributed by atoms with van der Waals surface area (Å²) in [6.45, 7) is 0.825. The number of aliphatic hydroxyl groups is 1. The van der Waals surface area contributed by atoms with E-state index in [9.17, 15) is 4.79 Å². The molecule has 0 unspecified atom stereocenters. The first-order valence-electron chi connectivity index (χ1n) is 7.64. The SMILES string of the molecule is O=C(CO)N1CCC[C@@H](c2cncc(-c3cccc(Cl)c3)n2)C1. The third-order valence-corrected chi connectivity index (χ3v) is 4.34. The van der Waals surface area contributed by atoms with Crippen molar-refractivity contribution in [1.29, 1.82) is 0 Å². The fourth-order valence-electron chi connectivity index (χ4n) is 2.91. The molecule has 1 aromatic heterocycles. The summed E-state index contributed by atoms with van der Waals surface area (Å²) in [6, 6.07) is 7.51. The molecule has 6 heteroatoms. The van der Waals surface area contributed by atoms with Crippen LogP contribution in [0.5, 0.6) is 0 Å². The number of nitrogens with zero attached hydrogens (tertiary/aromatic N) is 3. The molecule has 1 aliphatic heterocycles. The Morgan fingerprint density at radius 1 is 1.39 bits per heavy atom. The summed E-state index contributed by atoms with van der Waals surface area (Å²) in [5.41, 5.74) is 2.57. The van der Waals surface area contributed by atoms with E-state index in [-0.39, 0.29) is 11.8 Å². The average Bonchev–Trinajstić information content (AvgIpc) is 2.61. The van der Waals surface area contributed by atoms with Gasteiger partial charge in [-0.2, -0.15) is 0 Å². The highest BCUT2D eigenvalue weighted by Crippen LogP contribution is 2.27. The van der Waals surface area contributed by atoms with Gasteiger partial charge in [0.15, 0.2) is 0 Å². The molecule has 0 radical (unpaired) electrons. The predicted molar refractivity (Wildman–Crippen MR) is 88.1 cm³/mol. The van der Waals surface area contributed by atoms with Crippen molar-refractivity contribution in [2.75, 3.05) is 19.7 Å². The van der Waals surface area contributed by atoms with Crippen molar-refractivity contribution in [2.24, 2.45) is 0 Å². The zero-order chi connectivity index (χ0) is 16.2. The molecule has 0 saturated carbocycles. The van der Waals surface area contributed by atoms with E-state index in [1.54, 1.807) is 17.3 Å². The van der Waals surface area contributed by atoms with Crippen LogP contribution in [-0.2, 0) is 4.79 Å². The first-order chi connectivity index (χ1) is 11.2. The number of carbonyl (C=O) groups excluding carboxylic acids is 1. The lowest BCUT2D eigenvalue weighted by Crippen LogP contribution is -2.40. The zero-order valence-corrected chi connectivity index (χ0v) is 13.4. The second-order valence-corrected chi connectivity index (χ2v) is 6.11. The van der Waals surface area contributed by atoms with Crippen LogP contribution in [0.25, 0.3) is 11.3 Å². The largest absolute Gasteiger partial charge is 0.387 e. The van der Waals surface area contributed by atoms with E-state index in [1.807, 2.05) is 24.3 Å². The summed E-state index contributed by atoms with van der Waals surface area (Å²) < 4.78 is 0. The zero-order valence-electron chi connectivity index (χ0n) is 12.7. The molecule has 0 spiro atoms. The Bertz CT molecular complexity index is 708. The van der Waals surface area contributed by atoms with Gasteiger partial charge in [0.2, 0.25) is 5.91 Å². The molecule has 120 valence electrons. The summed E-state index contributed by atoms with van der Waals surface area (Å²) in [5, 5.41) is 9.69. The number of carbonyl (C=O) groups is 1. The average molecular weight is 332 g/mol. The first kappa shape index (κ1) is 15.9. The Labute approximate surface area is 139 Å². The van der Waals surface area contributed by atoms with Crippen molar-refractivity contribution in [2.45, 2.75) is 18.8 Å². The lowest BCUT2D eigenvalue weighted by molar-refractivity contribution is -0.135. The minimum atomic E-state index is -0.443. The van der Waals surface area contributed by atoms with Crippen LogP contribution in [-0.4, -0.2) is 45.6 Å². The Balaban J connectivity index is 1.83. The van der Waals surface area contributed by atoms with E-state index in [4.69, 9.17) is 21.7 Å². The second-order valence-electron chi connectivity index (χ2n) is 5.68. The Morgan fingerprint density at radius 2 is 2.26 bits per heavy atom. The maximum absolute atomic E-state index is 11.7. The molecular formula is C17H18ClN3O2. The number of benzene rings is 1. The number of amides is 1. The van der Waals surface area contributed by atoms with Gasteiger partial charge in [0.25, 0.3) is 0 Å². The fraction of sp³-hybridized carbons (Fsp3) is 0.353. The summed E-state index contributed by atoms with van der Waals surface area (Å²) in [4.78, 5) is 22.4. The molecule has 1 atom stereocenters. The number of halogens is 1. The molecule has 1 amide bonds. The Hall–Kier alpha value is -1.98. The third-order valence-electron chi connectivity index (χ3n) is 4.10. The third kappa shape index (κ3) is 3.68. The van der Waals surface area contributed by atoms with E-state index in [0.717, 1.165) is 29.8 Å². The predicted octanol–water partition coefficient (Wildman–Crippen LogP) is 2.50. The molecule has 1 N–H and O–H groups in total. The summed E-state index contributed by atoms with van der Waals surface area (Å²) >= 11 is 6.04. The van der Waals surface area contributed by atoms with Crippen molar-refractivity contribution in [3.8, 4) is 11.3 Å². The van der Waals surface area contributed by atoms with E-state index >= 15 is 0 Å². The minimum absolute atomic E-state index is 0.144.